The fraction of sp³-hybridized carbons (Fsp3) is 0.0769. The fourth-order valence-electron chi connectivity index (χ4n) is 1.63. The number of nitrogen functional groups attached to an aromatic ring is 1. The number of hydrogen-bond donors (Lipinski definition) is 2. The maximum atomic E-state index is 12.4. The zero-order valence-corrected chi connectivity index (χ0v) is 11.1. The Labute approximate surface area is 112 Å². The van der Waals surface area contributed by atoms with Crippen molar-refractivity contribution in [3.8, 4) is 5.75 Å². The summed E-state index contributed by atoms with van der Waals surface area (Å²) in [6, 6.07) is 12.0. The molecule has 100 valence electrons. The third kappa shape index (κ3) is 2.63. The molecule has 0 amide bonds. The third-order valence-corrected chi connectivity index (χ3v) is 4.53. The highest BCUT2D eigenvalue weighted by molar-refractivity contribution is 7.92. The lowest BCUT2D eigenvalue weighted by molar-refractivity contribution is 0.475. The standard InChI is InChI=1S/C13H14N2O3S/c1-15(11-3-2-4-12(16)9-11)19(17,18)13-7-5-10(14)6-8-13/h2-9,16H,14H2,1H3. The molecule has 0 aliphatic heterocycles. The van der Waals surface area contributed by atoms with Crippen LogP contribution in [0.3, 0.4) is 0 Å². The highest BCUT2D eigenvalue weighted by Crippen LogP contribution is 2.25. The summed E-state index contributed by atoms with van der Waals surface area (Å²) in [5.41, 5.74) is 6.42. The van der Waals surface area contributed by atoms with E-state index in [-0.39, 0.29) is 10.6 Å². The first kappa shape index (κ1) is 13.2. The third-order valence-electron chi connectivity index (χ3n) is 2.73. The number of hydrogen-bond acceptors (Lipinski definition) is 4. The quantitative estimate of drug-likeness (QED) is 0.838. The lowest BCUT2D eigenvalue weighted by Gasteiger charge is -2.19. The number of nitrogens with two attached hydrogens (primary N) is 1. The largest absolute Gasteiger partial charge is 0.508 e. The molecule has 0 unspecified atom stereocenters. The van der Waals surface area contributed by atoms with E-state index in [2.05, 4.69) is 0 Å². The van der Waals surface area contributed by atoms with Crippen molar-refractivity contribution in [3.05, 3.63) is 48.5 Å². The summed E-state index contributed by atoms with van der Waals surface area (Å²) in [7, 11) is -2.23. The molecule has 0 atom stereocenters. The molecule has 0 aliphatic rings. The van der Waals surface area contributed by atoms with Gasteiger partial charge in [-0.2, -0.15) is 0 Å². The predicted molar refractivity (Wildman–Crippen MR) is 74.6 cm³/mol. The van der Waals surface area contributed by atoms with Crippen LogP contribution in [0.4, 0.5) is 11.4 Å². The van der Waals surface area contributed by atoms with Crippen LogP contribution in [0.1, 0.15) is 0 Å². The van der Waals surface area contributed by atoms with E-state index in [1.807, 2.05) is 0 Å². The highest BCUT2D eigenvalue weighted by atomic mass is 32.2. The molecule has 0 aliphatic carbocycles. The van der Waals surface area contributed by atoms with Gasteiger partial charge in [-0.15, -0.1) is 0 Å². The van der Waals surface area contributed by atoms with Gasteiger partial charge in [0.05, 0.1) is 10.6 Å². The van der Waals surface area contributed by atoms with Crippen LogP contribution in [0.5, 0.6) is 5.75 Å². The first-order valence-electron chi connectivity index (χ1n) is 5.55. The van der Waals surface area contributed by atoms with Gasteiger partial charge in [0, 0.05) is 18.8 Å². The number of phenols is 1. The molecule has 19 heavy (non-hydrogen) atoms. The van der Waals surface area contributed by atoms with Crippen molar-refractivity contribution in [2.75, 3.05) is 17.1 Å². The average Bonchev–Trinajstić information content (AvgIpc) is 2.38. The molecular formula is C13H14N2O3S. The van der Waals surface area contributed by atoms with Gasteiger partial charge in [-0.25, -0.2) is 8.42 Å². The molecule has 0 heterocycles. The highest BCUT2D eigenvalue weighted by Gasteiger charge is 2.21. The lowest BCUT2D eigenvalue weighted by atomic mass is 10.3. The van der Waals surface area contributed by atoms with Crippen molar-refractivity contribution in [1.82, 2.24) is 0 Å². The van der Waals surface area contributed by atoms with Crippen molar-refractivity contribution in [3.63, 3.8) is 0 Å². The summed E-state index contributed by atoms with van der Waals surface area (Å²) in [6.45, 7) is 0. The zero-order chi connectivity index (χ0) is 14.0. The topological polar surface area (TPSA) is 83.6 Å². The van der Waals surface area contributed by atoms with Gasteiger partial charge >= 0.3 is 0 Å². The number of sulfonamides is 1. The normalized spacial score (nSPS) is 11.2. The summed E-state index contributed by atoms with van der Waals surface area (Å²) >= 11 is 0. The number of nitrogens with zero attached hydrogens (tertiary/aromatic N) is 1. The Morgan fingerprint density at radius 3 is 2.32 bits per heavy atom. The van der Waals surface area contributed by atoms with Gasteiger partial charge in [0.15, 0.2) is 0 Å². The fourth-order valence-corrected chi connectivity index (χ4v) is 2.81. The molecule has 3 N–H and O–H groups in total. The van der Waals surface area contributed by atoms with E-state index in [0.717, 1.165) is 4.31 Å². The first-order valence-corrected chi connectivity index (χ1v) is 6.99. The van der Waals surface area contributed by atoms with E-state index < -0.39 is 10.0 Å². The van der Waals surface area contributed by atoms with E-state index in [4.69, 9.17) is 5.73 Å². The van der Waals surface area contributed by atoms with Gasteiger partial charge in [-0.1, -0.05) is 6.07 Å². The number of aromatic hydroxyl groups is 1. The van der Waals surface area contributed by atoms with Gasteiger partial charge in [-0.3, -0.25) is 4.31 Å². The van der Waals surface area contributed by atoms with E-state index in [1.54, 1.807) is 12.1 Å². The molecule has 0 saturated heterocycles. The Hall–Kier alpha value is -2.21. The molecule has 2 aromatic carbocycles. The smallest absolute Gasteiger partial charge is 0.264 e. The molecule has 5 nitrogen and oxygen atoms in total. The number of phenolic OH excluding ortho intramolecular Hbond substituents is 1. The molecule has 0 bridgehead atoms. The second-order valence-electron chi connectivity index (χ2n) is 4.06. The van der Waals surface area contributed by atoms with Crippen molar-refractivity contribution in [2.24, 2.45) is 0 Å². The minimum atomic E-state index is -3.66. The van der Waals surface area contributed by atoms with E-state index >= 15 is 0 Å². The number of rotatable bonds is 3. The Balaban J connectivity index is 2.42. The van der Waals surface area contributed by atoms with Crippen LogP contribution in [0.25, 0.3) is 0 Å². The van der Waals surface area contributed by atoms with Crippen LogP contribution >= 0.6 is 0 Å². The molecule has 0 radical (unpaired) electrons. The molecule has 2 rings (SSSR count). The summed E-state index contributed by atoms with van der Waals surface area (Å²) in [5, 5.41) is 9.40. The molecule has 0 saturated carbocycles. The minimum Gasteiger partial charge on any atom is -0.508 e. The predicted octanol–water partition coefficient (Wildman–Crippen LogP) is 1.80. The monoisotopic (exact) mass is 278 g/mol. The van der Waals surface area contributed by atoms with Crippen LogP contribution < -0.4 is 10.0 Å². The van der Waals surface area contributed by atoms with Gasteiger partial charge in [0.25, 0.3) is 10.0 Å². The molecule has 6 heteroatoms. The summed E-state index contributed by atoms with van der Waals surface area (Å²) in [5.74, 6) is 0.0110. The Morgan fingerprint density at radius 2 is 1.74 bits per heavy atom. The van der Waals surface area contributed by atoms with Crippen molar-refractivity contribution in [2.45, 2.75) is 4.90 Å². The van der Waals surface area contributed by atoms with Crippen molar-refractivity contribution < 1.29 is 13.5 Å². The van der Waals surface area contributed by atoms with Crippen molar-refractivity contribution >= 4 is 21.4 Å². The maximum Gasteiger partial charge on any atom is 0.264 e. The van der Waals surface area contributed by atoms with Gasteiger partial charge in [-0.05, 0) is 36.4 Å². The summed E-state index contributed by atoms with van der Waals surface area (Å²) < 4.78 is 25.8. The van der Waals surface area contributed by atoms with Crippen LogP contribution in [-0.4, -0.2) is 20.6 Å². The van der Waals surface area contributed by atoms with E-state index in [9.17, 15) is 13.5 Å². The summed E-state index contributed by atoms with van der Waals surface area (Å²) in [6.07, 6.45) is 0. The Kier molecular flexibility index (Phi) is 3.35. The summed E-state index contributed by atoms with van der Waals surface area (Å²) in [4.78, 5) is 0.146. The second kappa shape index (κ2) is 4.81. The maximum absolute atomic E-state index is 12.4. The van der Waals surface area contributed by atoms with Crippen LogP contribution in [0.15, 0.2) is 53.4 Å². The van der Waals surface area contributed by atoms with Crippen LogP contribution in [0.2, 0.25) is 0 Å². The van der Waals surface area contributed by atoms with E-state index in [1.165, 1.54) is 43.4 Å². The molecule has 0 fully saturated rings. The number of benzene rings is 2. The minimum absolute atomic E-state index is 0.0110. The van der Waals surface area contributed by atoms with E-state index in [0.29, 0.717) is 11.4 Å². The SMILES string of the molecule is CN(c1cccc(O)c1)S(=O)(=O)c1ccc(N)cc1. The zero-order valence-electron chi connectivity index (χ0n) is 10.3. The molecule has 2 aromatic rings. The van der Waals surface area contributed by atoms with Gasteiger partial charge in [0.1, 0.15) is 5.75 Å². The first-order chi connectivity index (χ1) is 8.91. The Morgan fingerprint density at radius 1 is 1.11 bits per heavy atom. The lowest BCUT2D eigenvalue weighted by Crippen LogP contribution is -2.26. The molecular weight excluding hydrogens is 264 g/mol. The van der Waals surface area contributed by atoms with Crippen molar-refractivity contribution in [1.29, 1.82) is 0 Å². The average molecular weight is 278 g/mol. The molecule has 0 aromatic heterocycles. The van der Waals surface area contributed by atoms with Gasteiger partial charge < -0.3 is 10.8 Å². The number of anilines is 2. The second-order valence-corrected chi connectivity index (χ2v) is 6.03. The van der Waals surface area contributed by atoms with Gasteiger partial charge in [0.2, 0.25) is 0 Å². The Bertz CT molecular complexity index is 681. The van der Waals surface area contributed by atoms with Crippen LogP contribution in [0, 0.1) is 0 Å². The van der Waals surface area contributed by atoms with Crippen LogP contribution in [-0.2, 0) is 10.0 Å². The molecule has 0 spiro atoms.